The van der Waals surface area contributed by atoms with Crippen molar-refractivity contribution >= 4 is 33.9 Å². The van der Waals surface area contributed by atoms with Gasteiger partial charge in [-0.3, -0.25) is 0 Å². The normalized spacial score (nSPS) is 13.0. The fourth-order valence-corrected chi connectivity index (χ4v) is 2.45. The molecule has 1 rings (SSSR count). The molecule has 1 nitrogen and oxygen atoms in total. The van der Waals surface area contributed by atoms with Crippen molar-refractivity contribution in [2.24, 2.45) is 0 Å². The molecule has 1 aromatic rings. The van der Waals surface area contributed by atoms with E-state index >= 15 is 0 Å². The summed E-state index contributed by atoms with van der Waals surface area (Å²) in [5.74, 6) is 1.06. The Hall–Kier alpha value is 0.230. The summed E-state index contributed by atoms with van der Waals surface area (Å²) in [6.07, 6.45) is 0. The van der Waals surface area contributed by atoms with Crippen LogP contribution in [0.1, 0.15) is 23.3 Å². The standard InChI is InChI=1S/C8H11IOS/c1-3-10-8-5-11-4-7(8)6(2)9/h4-6H,3H2,1-2H3. The molecule has 0 N–H and O–H groups in total. The molecular weight excluding hydrogens is 271 g/mol. The van der Waals surface area contributed by atoms with Crippen LogP contribution in [0.3, 0.4) is 0 Å². The zero-order valence-corrected chi connectivity index (χ0v) is 9.61. The molecule has 0 saturated heterocycles. The summed E-state index contributed by atoms with van der Waals surface area (Å²) in [5, 5.41) is 4.22. The summed E-state index contributed by atoms with van der Waals surface area (Å²) < 4.78 is 5.99. The third-order valence-electron chi connectivity index (χ3n) is 1.38. The largest absolute Gasteiger partial charge is 0.493 e. The average Bonchev–Trinajstić information content (AvgIpc) is 2.36. The summed E-state index contributed by atoms with van der Waals surface area (Å²) in [7, 11) is 0. The van der Waals surface area contributed by atoms with Crippen LogP contribution in [0.15, 0.2) is 10.8 Å². The number of alkyl halides is 1. The molecule has 0 aliphatic carbocycles. The average molecular weight is 282 g/mol. The topological polar surface area (TPSA) is 9.23 Å². The van der Waals surface area contributed by atoms with Gasteiger partial charge in [-0.2, -0.15) is 0 Å². The first-order chi connectivity index (χ1) is 5.25. The van der Waals surface area contributed by atoms with Crippen LogP contribution >= 0.6 is 33.9 Å². The third-order valence-corrected chi connectivity index (χ3v) is 2.79. The van der Waals surface area contributed by atoms with Crippen molar-refractivity contribution in [1.82, 2.24) is 0 Å². The maximum Gasteiger partial charge on any atom is 0.134 e. The zero-order valence-electron chi connectivity index (χ0n) is 6.63. The number of hydrogen-bond donors (Lipinski definition) is 0. The summed E-state index contributed by atoms with van der Waals surface area (Å²) in [4.78, 5) is 0. The molecule has 0 aromatic carbocycles. The molecule has 0 radical (unpaired) electrons. The van der Waals surface area contributed by atoms with E-state index in [-0.39, 0.29) is 0 Å². The van der Waals surface area contributed by atoms with E-state index in [0.29, 0.717) is 3.92 Å². The highest BCUT2D eigenvalue weighted by Gasteiger charge is 2.08. The lowest BCUT2D eigenvalue weighted by Gasteiger charge is -2.05. The van der Waals surface area contributed by atoms with E-state index in [9.17, 15) is 0 Å². The van der Waals surface area contributed by atoms with Crippen molar-refractivity contribution in [2.75, 3.05) is 6.61 Å². The molecule has 1 atom stereocenters. The van der Waals surface area contributed by atoms with Gasteiger partial charge in [-0.05, 0) is 19.2 Å². The van der Waals surface area contributed by atoms with Gasteiger partial charge >= 0.3 is 0 Å². The summed E-state index contributed by atoms with van der Waals surface area (Å²) >= 11 is 4.10. The number of halogens is 1. The number of hydrogen-bond acceptors (Lipinski definition) is 2. The molecule has 1 heterocycles. The lowest BCUT2D eigenvalue weighted by Crippen LogP contribution is -1.93. The van der Waals surface area contributed by atoms with E-state index in [4.69, 9.17) is 4.74 Å². The molecule has 0 spiro atoms. The van der Waals surface area contributed by atoms with Crippen molar-refractivity contribution in [3.05, 3.63) is 16.3 Å². The van der Waals surface area contributed by atoms with Gasteiger partial charge in [0.1, 0.15) is 5.75 Å². The SMILES string of the molecule is CCOc1cscc1C(C)I. The van der Waals surface area contributed by atoms with Crippen LogP contribution in [-0.2, 0) is 0 Å². The van der Waals surface area contributed by atoms with E-state index in [0.717, 1.165) is 12.4 Å². The van der Waals surface area contributed by atoms with E-state index in [1.807, 2.05) is 6.92 Å². The molecular formula is C8H11IOS. The van der Waals surface area contributed by atoms with Crippen LogP contribution in [0.2, 0.25) is 0 Å². The van der Waals surface area contributed by atoms with Gasteiger partial charge in [-0.15, -0.1) is 11.3 Å². The summed E-state index contributed by atoms with van der Waals surface area (Å²) in [6.45, 7) is 4.94. The van der Waals surface area contributed by atoms with Crippen molar-refractivity contribution in [3.8, 4) is 5.75 Å². The van der Waals surface area contributed by atoms with Crippen LogP contribution in [-0.4, -0.2) is 6.61 Å². The van der Waals surface area contributed by atoms with Crippen LogP contribution in [0.5, 0.6) is 5.75 Å². The second-order valence-electron chi connectivity index (χ2n) is 2.24. The van der Waals surface area contributed by atoms with Crippen LogP contribution in [0.25, 0.3) is 0 Å². The van der Waals surface area contributed by atoms with Gasteiger partial charge in [0.05, 0.1) is 6.61 Å². The Morgan fingerprint density at radius 3 is 2.91 bits per heavy atom. The van der Waals surface area contributed by atoms with E-state index in [1.54, 1.807) is 11.3 Å². The fraction of sp³-hybridized carbons (Fsp3) is 0.500. The summed E-state index contributed by atoms with van der Waals surface area (Å²) in [5.41, 5.74) is 1.32. The number of rotatable bonds is 3. The molecule has 0 aliphatic rings. The molecule has 1 unspecified atom stereocenters. The minimum Gasteiger partial charge on any atom is -0.493 e. The Morgan fingerprint density at radius 2 is 2.36 bits per heavy atom. The van der Waals surface area contributed by atoms with Gasteiger partial charge in [0.15, 0.2) is 0 Å². The molecule has 0 bridgehead atoms. The number of thiophene rings is 1. The zero-order chi connectivity index (χ0) is 8.27. The molecule has 1 aromatic heterocycles. The minimum absolute atomic E-state index is 0.542. The van der Waals surface area contributed by atoms with E-state index in [2.05, 4.69) is 40.3 Å². The van der Waals surface area contributed by atoms with E-state index < -0.39 is 0 Å². The second kappa shape index (κ2) is 4.30. The summed E-state index contributed by atoms with van der Waals surface area (Å²) in [6, 6.07) is 0. The smallest absolute Gasteiger partial charge is 0.134 e. The molecule has 11 heavy (non-hydrogen) atoms. The van der Waals surface area contributed by atoms with Crippen LogP contribution in [0, 0.1) is 0 Å². The van der Waals surface area contributed by atoms with Gasteiger partial charge in [-0.25, -0.2) is 0 Å². The van der Waals surface area contributed by atoms with Gasteiger partial charge in [0, 0.05) is 14.9 Å². The first kappa shape index (κ1) is 9.32. The molecule has 0 saturated carbocycles. The van der Waals surface area contributed by atoms with Crippen molar-refractivity contribution in [1.29, 1.82) is 0 Å². The Labute approximate surface area is 84.9 Å². The maximum absolute atomic E-state index is 5.44. The van der Waals surface area contributed by atoms with Gasteiger partial charge in [0.2, 0.25) is 0 Å². The van der Waals surface area contributed by atoms with Gasteiger partial charge in [0.25, 0.3) is 0 Å². The Morgan fingerprint density at radius 1 is 1.64 bits per heavy atom. The van der Waals surface area contributed by atoms with Crippen molar-refractivity contribution in [2.45, 2.75) is 17.8 Å². The minimum atomic E-state index is 0.542. The molecule has 62 valence electrons. The quantitative estimate of drug-likeness (QED) is 0.607. The van der Waals surface area contributed by atoms with Crippen molar-refractivity contribution in [3.63, 3.8) is 0 Å². The monoisotopic (exact) mass is 282 g/mol. The molecule has 0 aliphatic heterocycles. The predicted molar refractivity (Wildman–Crippen MR) is 57.9 cm³/mol. The molecule has 3 heteroatoms. The Bertz CT molecular complexity index is 220. The predicted octanol–water partition coefficient (Wildman–Crippen LogP) is 3.64. The fourth-order valence-electron chi connectivity index (χ4n) is 0.858. The first-order valence-electron chi connectivity index (χ1n) is 3.58. The maximum atomic E-state index is 5.44. The molecule has 0 fully saturated rings. The highest BCUT2D eigenvalue weighted by molar-refractivity contribution is 14.1. The van der Waals surface area contributed by atoms with Crippen molar-refractivity contribution < 1.29 is 4.74 Å². The lowest BCUT2D eigenvalue weighted by molar-refractivity contribution is 0.338. The highest BCUT2D eigenvalue weighted by Crippen LogP contribution is 2.34. The second-order valence-corrected chi connectivity index (χ2v) is 4.85. The van der Waals surface area contributed by atoms with Crippen LogP contribution < -0.4 is 4.74 Å². The Kier molecular flexibility index (Phi) is 3.65. The lowest BCUT2D eigenvalue weighted by atomic mass is 10.2. The van der Waals surface area contributed by atoms with E-state index in [1.165, 1.54) is 5.56 Å². The number of ether oxygens (including phenoxy) is 1. The van der Waals surface area contributed by atoms with Crippen LogP contribution in [0.4, 0.5) is 0 Å². The molecule has 0 amide bonds. The van der Waals surface area contributed by atoms with Gasteiger partial charge in [-0.1, -0.05) is 22.6 Å². The third kappa shape index (κ3) is 2.33. The van der Waals surface area contributed by atoms with Gasteiger partial charge < -0.3 is 4.74 Å². The highest BCUT2D eigenvalue weighted by atomic mass is 127. The first-order valence-corrected chi connectivity index (χ1v) is 5.77. The Balaban J connectivity index is 2.78.